The first-order valence-electron chi connectivity index (χ1n) is 7.41. The molecule has 0 radical (unpaired) electrons. The molecule has 1 aliphatic heterocycles. The average molecular weight is 342 g/mol. The number of hydrogen-bond acceptors (Lipinski definition) is 3. The van der Waals surface area contributed by atoms with E-state index in [-0.39, 0.29) is 0 Å². The number of aliphatic hydroxyl groups is 1. The van der Waals surface area contributed by atoms with E-state index in [1.807, 2.05) is 17.6 Å². The van der Waals surface area contributed by atoms with Crippen LogP contribution in [0.15, 0.2) is 53.7 Å². The Morgan fingerprint density at radius 3 is 2.75 bits per heavy atom. The number of aliphatic imine (C=N–C) groups is 1. The van der Waals surface area contributed by atoms with Crippen molar-refractivity contribution >= 4 is 17.3 Å². The maximum absolute atomic E-state index is 14.3. The van der Waals surface area contributed by atoms with Gasteiger partial charge in [0.1, 0.15) is 11.6 Å². The Hall–Kier alpha value is -2.50. The van der Waals surface area contributed by atoms with E-state index in [0.29, 0.717) is 33.4 Å². The molecular weight excluding hydrogens is 329 g/mol. The Balaban J connectivity index is 2.07. The van der Waals surface area contributed by atoms with Gasteiger partial charge < -0.3 is 5.11 Å². The molecule has 4 nitrogen and oxygen atoms in total. The number of imidazole rings is 1. The van der Waals surface area contributed by atoms with Crippen LogP contribution in [0.1, 0.15) is 28.9 Å². The van der Waals surface area contributed by atoms with Crippen LogP contribution in [0.2, 0.25) is 5.02 Å². The first-order valence-corrected chi connectivity index (χ1v) is 7.79. The molecule has 0 aliphatic carbocycles. The maximum atomic E-state index is 14.3. The standard InChI is InChI=1S/C18H13ClFN3O/c1-10-21-9-16-18(24)22-17(12-4-2-3-5-14(12)20)13-8-11(19)6-7-15(13)23(10)16/h2-9,18,24H,1H3. The van der Waals surface area contributed by atoms with E-state index in [9.17, 15) is 9.50 Å². The van der Waals surface area contributed by atoms with Crippen molar-refractivity contribution in [2.24, 2.45) is 4.99 Å². The highest BCUT2D eigenvalue weighted by Gasteiger charge is 2.26. The van der Waals surface area contributed by atoms with Crippen molar-refractivity contribution in [1.29, 1.82) is 0 Å². The Bertz CT molecular complexity index is 980. The van der Waals surface area contributed by atoms with Gasteiger partial charge >= 0.3 is 0 Å². The zero-order valence-corrected chi connectivity index (χ0v) is 13.5. The van der Waals surface area contributed by atoms with Crippen LogP contribution in [0.3, 0.4) is 0 Å². The van der Waals surface area contributed by atoms with Crippen molar-refractivity contribution in [2.75, 3.05) is 0 Å². The summed E-state index contributed by atoms with van der Waals surface area (Å²) in [4.78, 5) is 8.61. The van der Waals surface area contributed by atoms with E-state index in [4.69, 9.17) is 11.6 Å². The number of fused-ring (bicyclic) bond motifs is 3. The smallest absolute Gasteiger partial charge is 0.189 e. The predicted molar refractivity (Wildman–Crippen MR) is 90.3 cm³/mol. The van der Waals surface area contributed by atoms with E-state index in [1.54, 1.807) is 36.5 Å². The van der Waals surface area contributed by atoms with Crippen LogP contribution in [-0.4, -0.2) is 20.4 Å². The van der Waals surface area contributed by atoms with Gasteiger partial charge in [0.25, 0.3) is 0 Å². The zero-order valence-electron chi connectivity index (χ0n) is 12.7. The molecule has 24 heavy (non-hydrogen) atoms. The van der Waals surface area contributed by atoms with E-state index in [1.165, 1.54) is 6.07 Å². The third kappa shape index (κ3) is 2.25. The van der Waals surface area contributed by atoms with E-state index < -0.39 is 12.0 Å². The first kappa shape index (κ1) is 15.1. The average Bonchev–Trinajstić information content (AvgIpc) is 2.89. The molecule has 2 heterocycles. The summed E-state index contributed by atoms with van der Waals surface area (Å²) in [5.41, 5.74) is 2.61. The van der Waals surface area contributed by atoms with Gasteiger partial charge in [-0.1, -0.05) is 23.7 Å². The Kier molecular flexibility index (Phi) is 3.48. The minimum Gasteiger partial charge on any atom is -0.367 e. The third-order valence-electron chi connectivity index (χ3n) is 4.06. The second-order valence-corrected chi connectivity index (χ2v) is 5.99. The summed E-state index contributed by atoms with van der Waals surface area (Å²) in [6, 6.07) is 11.6. The Morgan fingerprint density at radius 1 is 1.17 bits per heavy atom. The fourth-order valence-electron chi connectivity index (χ4n) is 2.98. The highest BCUT2D eigenvalue weighted by molar-refractivity contribution is 6.31. The molecule has 0 fully saturated rings. The second-order valence-electron chi connectivity index (χ2n) is 5.56. The normalized spacial score (nSPS) is 16.2. The van der Waals surface area contributed by atoms with Gasteiger partial charge in [-0.3, -0.25) is 4.57 Å². The van der Waals surface area contributed by atoms with Gasteiger partial charge in [-0.25, -0.2) is 14.4 Å². The van der Waals surface area contributed by atoms with Crippen molar-refractivity contribution in [3.05, 3.63) is 82.1 Å². The number of halogens is 2. The number of nitrogens with zero attached hydrogens (tertiary/aromatic N) is 3. The number of hydrogen-bond donors (Lipinski definition) is 1. The fraction of sp³-hybridized carbons (Fsp3) is 0.111. The van der Waals surface area contributed by atoms with Crippen molar-refractivity contribution in [1.82, 2.24) is 9.55 Å². The van der Waals surface area contributed by atoms with Gasteiger partial charge in [0.15, 0.2) is 6.23 Å². The molecule has 0 spiro atoms. The van der Waals surface area contributed by atoms with Crippen molar-refractivity contribution in [2.45, 2.75) is 13.2 Å². The van der Waals surface area contributed by atoms with Gasteiger partial charge in [0.2, 0.25) is 0 Å². The molecule has 0 saturated heterocycles. The molecule has 1 N–H and O–H groups in total. The minimum atomic E-state index is -1.15. The van der Waals surface area contributed by atoms with E-state index in [2.05, 4.69) is 9.98 Å². The number of benzene rings is 2. The molecule has 1 aliphatic rings. The molecule has 6 heteroatoms. The van der Waals surface area contributed by atoms with Crippen molar-refractivity contribution in [3.8, 4) is 5.69 Å². The van der Waals surface area contributed by atoms with E-state index in [0.717, 1.165) is 5.69 Å². The molecule has 0 amide bonds. The molecule has 4 rings (SSSR count). The van der Waals surface area contributed by atoms with E-state index >= 15 is 0 Å². The van der Waals surface area contributed by atoms with Gasteiger partial charge in [-0.05, 0) is 37.3 Å². The highest BCUT2D eigenvalue weighted by atomic mass is 35.5. The summed E-state index contributed by atoms with van der Waals surface area (Å²) in [5.74, 6) is 0.299. The summed E-state index contributed by atoms with van der Waals surface area (Å²) >= 11 is 6.16. The van der Waals surface area contributed by atoms with Crippen LogP contribution < -0.4 is 0 Å². The van der Waals surface area contributed by atoms with Gasteiger partial charge in [-0.15, -0.1) is 0 Å². The largest absolute Gasteiger partial charge is 0.367 e. The SMILES string of the molecule is Cc1ncc2n1-c1ccc(Cl)cc1C(c1ccccc1F)=NC2O. The molecular formula is C18H13ClFN3O. The van der Waals surface area contributed by atoms with Crippen molar-refractivity contribution < 1.29 is 9.50 Å². The summed E-state index contributed by atoms with van der Waals surface area (Å²) in [7, 11) is 0. The highest BCUT2D eigenvalue weighted by Crippen LogP contribution is 2.32. The van der Waals surface area contributed by atoms with Crippen LogP contribution in [0, 0.1) is 12.7 Å². The summed E-state index contributed by atoms with van der Waals surface area (Å²) in [6.45, 7) is 1.84. The molecule has 1 atom stereocenters. The van der Waals surface area contributed by atoms with Crippen molar-refractivity contribution in [3.63, 3.8) is 0 Å². The summed E-state index contributed by atoms with van der Waals surface area (Å²) in [5, 5.41) is 11.0. The first-order chi connectivity index (χ1) is 11.6. The van der Waals surface area contributed by atoms with Gasteiger partial charge in [0.05, 0.1) is 23.3 Å². The Labute approximate surface area is 142 Å². The van der Waals surface area contributed by atoms with Gasteiger partial charge in [0, 0.05) is 16.1 Å². The lowest BCUT2D eigenvalue weighted by molar-refractivity contribution is 0.182. The summed E-state index contributed by atoms with van der Waals surface area (Å²) in [6.07, 6.45) is 0.429. The molecule has 1 aromatic heterocycles. The predicted octanol–water partition coefficient (Wildman–Crippen LogP) is 3.82. The summed E-state index contributed by atoms with van der Waals surface area (Å²) < 4.78 is 16.2. The zero-order chi connectivity index (χ0) is 16.8. The second kappa shape index (κ2) is 5.54. The number of aryl methyl sites for hydroxylation is 1. The third-order valence-corrected chi connectivity index (χ3v) is 4.30. The van der Waals surface area contributed by atoms with Crippen LogP contribution in [0.25, 0.3) is 5.69 Å². The lowest BCUT2D eigenvalue weighted by atomic mass is 10.00. The quantitative estimate of drug-likeness (QED) is 0.731. The number of aliphatic hydroxyl groups excluding tert-OH is 1. The molecule has 3 aromatic rings. The monoisotopic (exact) mass is 341 g/mol. The van der Waals surface area contributed by atoms with Crippen LogP contribution in [-0.2, 0) is 0 Å². The molecule has 0 bridgehead atoms. The topological polar surface area (TPSA) is 50.4 Å². The fourth-order valence-corrected chi connectivity index (χ4v) is 3.15. The maximum Gasteiger partial charge on any atom is 0.189 e. The number of rotatable bonds is 1. The molecule has 120 valence electrons. The van der Waals surface area contributed by atoms with Crippen LogP contribution >= 0.6 is 11.6 Å². The Morgan fingerprint density at radius 2 is 1.96 bits per heavy atom. The minimum absolute atomic E-state index is 0.316. The van der Waals surface area contributed by atoms with Crippen LogP contribution in [0.5, 0.6) is 0 Å². The lowest BCUT2D eigenvalue weighted by Gasteiger charge is -2.13. The number of aromatic nitrogens is 2. The molecule has 1 unspecified atom stereocenters. The molecule has 2 aromatic carbocycles. The van der Waals surface area contributed by atoms with Crippen LogP contribution in [0.4, 0.5) is 4.39 Å². The lowest BCUT2D eigenvalue weighted by Crippen LogP contribution is -2.09. The van der Waals surface area contributed by atoms with Gasteiger partial charge in [-0.2, -0.15) is 0 Å². The molecule has 0 saturated carbocycles.